The zero-order chi connectivity index (χ0) is 19.2. The molecule has 0 atom stereocenters. The van der Waals surface area contributed by atoms with E-state index in [2.05, 4.69) is 54.6 Å². The van der Waals surface area contributed by atoms with Crippen molar-refractivity contribution in [2.75, 3.05) is 12.1 Å². The van der Waals surface area contributed by atoms with Crippen LogP contribution in [0.5, 0.6) is 5.75 Å². The number of anilines is 1. The van der Waals surface area contributed by atoms with Crippen LogP contribution in [0.25, 0.3) is 10.8 Å². The largest absolute Gasteiger partial charge is 0.496 e. The first-order valence-electron chi connectivity index (χ1n) is 9.31. The fraction of sp³-hybridized carbons (Fsp3) is 0.0800. The van der Waals surface area contributed by atoms with Gasteiger partial charge in [-0.2, -0.15) is 5.10 Å². The topological polar surface area (TPSA) is 24.8 Å². The van der Waals surface area contributed by atoms with Crippen molar-refractivity contribution in [3.05, 3.63) is 108 Å². The summed E-state index contributed by atoms with van der Waals surface area (Å²) in [5, 5.41) is 9.06. The summed E-state index contributed by atoms with van der Waals surface area (Å²) in [6.07, 6.45) is 1.93. The predicted molar refractivity (Wildman–Crippen MR) is 117 cm³/mol. The first-order chi connectivity index (χ1) is 13.8. The van der Waals surface area contributed by atoms with Gasteiger partial charge in [0.05, 0.1) is 25.6 Å². The zero-order valence-electron chi connectivity index (χ0n) is 15.8. The molecule has 0 aromatic heterocycles. The van der Waals surface area contributed by atoms with Gasteiger partial charge in [-0.1, -0.05) is 72.8 Å². The van der Waals surface area contributed by atoms with Gasteiger partial charge in [0.15, 0.2) is 0 Å². The molecule has 0 spiro atoms. The number of nitrogens with zero attached hydrogens (tertiary/aromatic N) is 2. The smallest absolute Gasteiger partial charge is 0.126 e. The molecule has 4 rings (SSSR count). The molecule has 0 aliphatic heterocycles. The quantitative estimate of drug-likeness (QED) is 0.314. The molecule has 0 amide bonds. The number of hydrogen-bond acceptors (Lipinski definition) is 3. The summed E-state index contributed by atoms with van der Waals surface area (Å²) in [7, 11) is 1.70. The van der Waals surface area contributed by atoms with Gasteiger partial charge in [0.2, 0.25) is 0 Å². The Morgan fingerprint density at radius 2 is 1.39 bits per heavy atom. The molecule has 0 heterocycles. The van der Waals surface area contributed by atoms with Gasteiger partial charge in [-0.05, 0) is 35.2 Å². The highest BCUT2D eigenvalue weighted by atomic mass is 16.5. The van der Waals surface area contributed by atoms with E-state index in [1.807, 2.05) is 53.7 Å². The minimum Gasteiger partial charge on any atom is -0.496 e. The average Bonchev–Trinajstić information content (AvgIpc) is 2.77. The van der Waals surface area contributed by atoms with Gasteiger partial charge in [-0.25, -0.2) is 0 Å². The zero-order valence-corrected chi connectivity index (χ0v) is 15.8. The Hall–Kier alpha value is -3.59. The molecule has 0 saturated heterocycles. The molecule has 0 N–H and O–H groups in total. The molecule has 4 aromatic carbocycles. The third-order valence-corrected chi connectivity index (χ3v) is 4.70. The second kappa shape index (κ2) is 8.40. The molecule has 0 aliphatic rings. The molecular weight excluding hydrogens is 344 g/mol. The Bertz CT molecular complexity index is 1080. The highest BCUT2D eigenvalue weighted by Crippen LogP contribution is 2.27. The standard InChI is InChI=1S/C25H22N2O/c1-28-25-17-16-21(23-14-8-9-15-24(23)25)18-26-27(22-12-6-3-7-13-22)19-20-10-4-2-5-11-20/h2-18H,19H2,1H3. The minimum absolute atomic E-state index is 0.704. The molecular formula is C25H22N2O. The van der Waals surface area contributed by atoms with E-state index in [0.717, 1.165) is 27.8 Å². The first kappa shape index (κ1) is 17.8. The van der Waals surface area contributed by atoms with Crippen molar-refractivity contribution in [2.24, 2.45) is 5.10 Å². The van der Waals surface area contributed by atoms with Crippen molar-refractivity contribution in [1.82, 2.24) is 0 Å². The van der Waals surface area contributed by atoms with E-state index in [1.165, 1.54) is 5.56 Å². The monoisotopic (exact) mass is 366 g/mol. The van der Waals surface area contributed by atoms with Crippen LogP contribution >= 0.6 is 0 Å². The molecule has 3 heteroatoms. The summed E-state index contributed by atoms with van der Waals surface area (Å²) in [6.45, 7) is 0.704. The maximum absolute atomic E-state index is 5.50. The lowest BCUT2D eigenvalue weighted by atomic mass is 10.0. The Kier molecular flexibility index (Phi) is 5.34. The number of ether oxygens (including phenoxy) is 1. The van der Waals surface area contributed by atoms with Crippen LogP contribution in [0.3, 0.4) is 0 Å². The van der Waals surface area contributed by atoms with Gasteiger partial charge in [0, 0.05) is 10.9 Å². The van der Waals surface area contributed by atoms with Crippen LogP contribution in [-0.2, 0) is 6.54 Å². The summed E-state index contributed by atoms with van der Waals surface area (Å²) < 4.78 is 5.50. The highest BCUT2D eigenvalue weighted by Gasteiger charge is 2.07. The third kappa shape index (κ3) is 3.89. The van der Waals surface area contributed by atoms with Gasteiger partial charge >= 0.3 is 0 Å². The number of para-hydroxylation sites is 1. The summed E-state index contributed by atoms with van der Waals surface area (Å²) >= 11 is 0. The van der Waals surface area contributed by atoms with Crippen molar-refractivity contribution >= 4 is 22.7 Å². The Morgan fingerprint density at radius 1 is 0.750 bits per heavy atom. The lowest BCUT2D eigenvalue weighted by molar-refractivity contribution is 0.420. The average molecular weight is 366 g/mol. The van der Waals surface area contributed by atoms with Crippen molar-refractivity contribution in [3.8, 4) is 5.75 Å². The molecule has 0 radical (unpaired) electrons. The molecule has 0 fully saturated rings. The van der Waals surface area contributed by atoms with E-state index in [1.54, 1.807) is 7.11 Å². The summed E-state index contributed by atoms with van der Waals surface area (Å²) in [5.41, 5.74) is 3.33. The van der Waals surface area contributed by atoms with Crippen LogP contribution in [-0.4, -0.2) is 13.3 Å². The van der Waals surface area contributed by atoms with E-state index in [0.29, 0.717) is 6.54 Å². The second-order valence-corrected chi connectivity index (χ2v) is 6.53. The molecule has 4 aromatic rings. The van der Waals surface area contributed by atoms with Crippen molar-refractivity contribution in [1.29, 1.82) is 0 Å². The lowest BCUT2D eigenvalue weighted by Crippen LogP contribution is -2.16. The van der Waals surface area contributed by atoms with Crippen LogP contribution in [0, 0.1) is 0 Å². The van der Waals surface area contributed by atoms with Crippen LogP contribution < -0.4 is 9.75 Å². The number of rotatable bonds is 6. The van der Waals surface area contributed by atoms with Gasteiger partial charge in [-0.3, -0.25) is 5.01 Å². The number of hydrogen-bond donors (Lipinski definition) is 0. The second-order valence-electron chi connectivity index (χ2n) is 6.53. The first-order valence-corrected chi connectivity index (χ1v) is 9.31. The maximum Gasteiger partial charge on any atom is 0.126 e. The van der Waals surface area contributed by atoms with E-state index < -0.39 is 0 Å². The molecule has 28 heavy (non-hydrogen) atoms. The Morgan fingerprint density at radius 3 is 2.11 bits per heavy atom. The molecule has 0 aliphatic carbocycles. The summed E-state index contributed by atoms with van der Waals surface area (Å²) in [4.78, 5) is 0. The SMILES string of the molecule is COc1ccc(C=NN(Cc2ccccc2)c2ccccc2)c2ccccc12. The number of fused-ring (bicyclic) bond motifs is 1. The molecule has 0 unspecified atom stereocenters. The van der Waals surface area contributed by atoms with Crippen molar-refractivity contribution in [3.63, 3.8) is 0 Å². The molecule has 138 valence electrons. The number of benzene rings is 4. The number of hydrazone groups is 1. The van der Waals surface area contributed by atoms with E-state index in [9.17, 15) is 0 Å². The van der Waals surface area contributed by atoms with Gasteiger partial charge < -0.3 is 4.74 Å². The van der Waals surface area contributed by atoms with Crippen LogP contribution in [0.4, 0.5) is 5.69 Å². The van der Waals surface area contributed by atoms with Gasteiger partial charge in [0.1, 0.15) is 5.75 Å². The summed E-state index contributed by atoms with van der Waals surface area (Å²) in [5.74, 6) is 0.872. The number of methoxy groups -OCH3 is 1. The highest BCUT2D eigenvalue weighted by molar-refractivity contribution is 6.02. The minimum atomic E-state index is 0.704. The van der Waals surface area contributed by atoms with Crippen LogP contribution in [0.2, 0.25) is 0 Å². The fourth-order valence-electron chi connectivity index (χ4n) is 3.27. The van der Waals surface area contributed by atoms with Crippen molar-refractivity contribution < 1.29 is 4.74 Å². The molecule has 0 saturated carbocycles. The van der Waals surface area contributed by atoms with Gasteiger partial charge in [0.25, 0.3) is 0 Å². The molecule has 3 nitrogen and oxygen atoms in total. The van der Waals surface area contributed by atoms with E-state index in [-0.39, 0.29) is 0 Å². The third-order valence-electron chi connectivity index (χ3n) is 4.70. The molecule has 0 bridgehead atoms. The fourth-order valence-corrected chi connectivity index (χ4v) is 3.27. The van der Waals surface area contributed by atoms with Crippen LogP contribution in [0.1, 0.15) is 11.1 Å². The van der Waals surface area contributed by atoms with E-state index >= 15 is 0 Å². The normalized spacial score (nSPS) is 11.0. The maximum atomic E-state index is 5.50. The van der Waals surface area contributed by atoms with E-state index in [4.69, 9.17) is 9.84 Å². The summed E-state index contributed by atoms with van der Waals surface area (Å²) in [6, 6.07) is 32.9. The van der Waals surface area contributed by atoms with Crippen molar-refractivity contribution in [2.45, 2.75) is 6.54 Å². The predicted octanol–water partition coefficient (Wildman–Crippen LogP) is 5.89. The van der Waals surface area contributed by atoms with Gasteiger partial charge in [-0.15, -0.1) is 0 Å². The Balaban J connectivity index is 1.71. The lowest BCUT2D eigenvalue weighted by Gasteiger charge is -2.19. The van der Waals surface area contributed by atoms with Crippen LogP contribution in [0.15, 0.2) is 102 Å². The Labute approximate surface area is 165 Å².